The summed E-state index contributed by atoms with van der Waals surface area (Å²) in [5.41, 5.74) is 1.10. The molecule has 0 unspecified atom stereocenters. The maximum Gasteiger partial charge on any atom is 0.230 e. The molecule has 6 heteroatoms. The molecule has 0 aromatic heterocycles. The average Bonchev–Trinajstić information content (AvgIpc) is 2.68. The molecule has 138 valence electrons. The molecule has 0 aliphatic carbocycles. The summed E-state index contributed by atoms with van der Waals surface area (Å²) in [5.74, 6) is 0.00725. The Balaban J connectivity index is 1.58. The molecule has 26 heavy (non-hydrogen) atoms. The highest BCUT2D eigenvalue weighted by atomic mass is 32.2. The summed E-state index contributed by atoms with van der Waals surface area (Å²) in [6.07, 6.45) is 0. The molecule has 1 heterocycles. The molecule has 2 aromatic carbocycles. The molecule has 1 N–H and O–H groups in total. The summed E-state index contributed by atoms with van der Waals surface area (Å²) in [6.45, 7) is 3.99. The van der Waals surface area contributed by atoms with Gasteiger partial charge in [0.05, 0.1) is 25.0 Å². The molecule has 1 aliphatic heterocycles. The zero-order valence-corrected chi connectivity index (χ0v) is 15.4. The van der Waals surface area contributed by atoms with Crippen molar-refractivity contribution in [1.29, 1.82) is 0 Å². The number of hydrogen-bond acceptors (Lipinski definition) is 4. The van der Waals surface area contributed by atoms with Crippen LogP contribution < -0.4 is 5.32 Å². The van der Waals surface area contributed by atoms with E-state index in [2.05, 4.69) is 10.2 Å². The maximum atomic E-state index is 13.0. The first-order chi connectivity index (χ1) is 12.7. The fraction of sp³-hybridized carbons (Fsp3) is 0.350. The highest BCUT2D eigenvalue weighted by Crippen LogP contribution is 2.19. The third-order valence-electron chi connectivity index (χ3n) is 4.27. The molecule has 3 rings (SSSR count). The monoisotopic (exact) mass is 374 g/mol. The van der Waals surface area contributed by atoms with E-state index in [4.69, 9.17) is 4.74 Å². The minimum atomic E-state index is -0.270. The number of thioether (sulfide) groups is 1. The number of halogens is 1. The van der Waals surface area contributed by atoms with E-state index in [0.717, 1.165) is 43.3 Å². The van der Waals surface area contributed by atoms with E-state index in [1.807, 2.05) is 30.3 Å². The molecule has 0 spiro atoms. The maximum absolute atomic E-state index is 13.0. The van der Waals surface area contributed by atoms with Gasteiger partial charge in [0.15, 0.2) is 0 Å². The molecule has 0 bridgehead atoms. The van der Waals surface area contributed by atoms with Gasteiger partial charge in [-0.1, -0.05) is 30.3 Å². The predicted molar refractivity (Wildman–Crippen MR) is 102 cm³/mol. The van der Waals surface area contributed by atoms with Crippen LogP contribution in [0.25, 0.3) is 0 Å². The first-order valence-electron chi connectivity index (χ1n) is 8.73. The summed E-state index contributed by atoms with van der Waals surface area (Å²) in [7, 11) is 0. The standard InChI is InChI=1S/C20H23FN2O2S/c21-17-6-8-18(9-7-17)26-15-20(24)22-19(16-4-2-1-3-5-16)14-23-10-12-25-13-11-23/h1-9,19H,10-15H2,(H,22,24)/t19-/m1/s1. The number of amides is 1. The van der Waals surface area contributed by atoms with Crippen molar-refractivity contribution >= 4 is 17.7 Å². The van der Waals surface area contributed by atoms with Gasteiger partial charge in [-0.05, 0) is 29.8 Å². The second-order valence-electron chi connectivity index (χ2n) is 6.19. The Morgan fingerprint density at radius 3 is 2.50 bits per heavy atom. The van der Waals surface area contributed by atoms with E-state index in [1.165, 1.54) is 23.9 Å². The van der Waals surface area contributed by atoms with Gasteiger partial charge in [-0.25, -0.2) is 4.39 Å². The van der Waals surface area contributed by atoms with Gasteiger partial charge in [-0.15, -0.1) is 11.8 Å². The van der Waals surface area contributed by atoms with Gasteiger partial charge in [-0.3, -0.25) is 9.69 Å². The lowest BCUT2D eigenvalue weighted by Crippen LogP contribution is -2.43. The van der Waals surface area contributed by atoms with Gasteiger partial charge in [0.2, 0.25) is 5.91 Å². The lowest BCUT2D eigenvalue weighted by Gasteiger charge is -2.31. The number of carbonyl (C=O) groups is 1. The van der Waals surface area contributed by atoms with Crippen LogP contribution in [0.5, 0.6) is 0 Å². The second-order valence-corrected chi connectivity index (χ2v) is 7.24. The second kappa shape index (κ2) is 9.71. The summed E-state index contributed by atoms with van der Waals surface area (Å²) < 4.78 is 18.4. The number of rotatable bonds is 7. The third-order valence-corrected chi connectivity index (χ3v) is 5.28. The summed E-state index contributed by atoms with van der Waals surface area (Å²) in [4.78, 5) is 15.7. The van der Waals surface area contributed by atoms with Crippen molar-refractivity contribution in [1.82, 2.24) is 10.2 Å². The molecule has 1 amide bonds. The van der Waals surface area contributed by atoms with Gasteiger partial charge in [0.1, 0.15) is 5.82 Å². The van der Waals surface area contributed by atoms with Crippen LogP contribution in [0.15, 0.2) is 59.5 Å². The van der Waals surface area contributed by atoms with Gasteiger partial charge in [0, 0.05) is 24.5 Å². The Labute approximate surface area is 157 Å². The van der Waals surface area contributed by atoms with Crippen molar-refractivity contribution in [2.24, 2.45) is 0 Å². The number of nitrogens with one attached hydrogen (secondary N) is 1. The van der Waals surface area contributed by atoms with Crippen molar-refractivity contribution in [3.05, 3.63) is 66.0 Å². The molecular weight excluding hydrogens is 351 g/mol. The van der Waals surface area contributed by atoms with E-state index in [-0.39, 0.29) is 17.8 Å². The number of benzene rings is 2. The number of carbonyl (C=O) groups excluding carboxylic acids is 1. The third kappa shape index (κ3) is 5.83. The molecule has 0 radical (unpaired) electrons. The highest BCUT2D eigenvalue weighted by Gasteiger charge is 2.20. The summed E-state index contributed by atoms with van der Waals surface area (Å²) >= 11 is 1.41. The van der Waals surface area contributed by atoms with Gasteiger partial charge >= 0.3 is 0 Å². The Hall–Kier alpha value is -1.89. The average molecular weight is 374 g/mol. The first-order valence-corrected chi connectivity index (χ1v) is 9.72. The van der Waals surface area contributed by atoms with Crippen molar-refractivity contribution < 1.29 is 13.9 Å². The smallest absolute Gasteiger partial charge is 0.230 e. The zero-order chi connectivity index (χ0) is 18.2. The van der Waals surface area contributed by atoms with Crippen LogP contribution in [-0.2, 0) is 9.53 Å². The Bertz CT molecular complexity index is 691. The Morgan fingerprint density at radius 2 is 1.81 bits per heavy atom. The van der Waals surface area contributed by atoms with E-state index >= 15 is 0 Å². The van der Waals surface area contributed by atoms with Gasteiger partial charge in [0.25, 0.3) is 0 Å². The minimum absolute atomic E-state index is 0.0264. The van der Waals surface area contributed by atoms with Crippen LogP contribution in [-0.4, -0.2) is 49.4 Å². The zero-order valence-electron chi connectivity index (χ0n) is 14.6. The molecule has 1 atom stereocenters. The van der Waals surface area contributed by atoms with Crippen LogP contribution in [0.2, 0.25) is 0 Å². The van der Waals surface area contributed by atoms with E-state index in [0.29, 0.717) is 5.75 Å². The van der Waals surface area contributed by atoms with Crippen molar-refractivity contribution in [3.8, 4) is 0 Å². The van der Waals surface area contributed by atoms with E-state index in [9.17, 15) is 9.18 Å². The first kappa shape index (κ1) is 18.9. The molecular formula is C20H23FN2O2S. The van der Waals surface area contributed by atoms with Crippen molar-refractivity contribution in [3.63, 3.8) is 0 Å². The van der Waals surface area contributed by atoms with Crippen molar-refractivity contribution in [2.45, 2.75) is 10.9 Å². The van der Waals surface area contributed by atoms with Crippen LogP contribution in [0.3, 0.4) is 0 Å². The normalized spacial score (nSPS) is 16.2. The van der Waals surface area contributed by atoms with Crippen LogP contribution in [0.1, 0.15) is 11.6 Å². The van der Waals surface area contributed by atoms with Gasteiger partial charge < -0.3 is 10.1 Å². The predicted octanol–water partition coefficient (Wildman–Crippen LogP) is 3.11. The van der Waals surface area contributed by atoms with Crippen LogP contribution >= 0.6 is 11.8 Å². The molecule has 2 aromatic rings. The molecule has 1 fully saturated rings. The molecule has 1 saturated heterocycles. The molecule has 1 aliphatic rings. The number of hydrogen-bond donors (Lipinski definition) is 1. The van der Waals surface area contributed by atoms with Gasteiger partial charge in [-0.2, -0.15) is 0 Å². The largest absolute Gasteiger partial charge is 0.379 e. The van der Waals surface area contributed by atoms with E-state index in [1.54, 1.807) is 12.1 Å². The Kier molecular flexibility index (Phi) is 7.05. The van der Waals surface area contributed by atoms with E-state index < -0.39 is 0 Å². The quantitative estimate of drug-likeness (QED) is 0.756. The number of ether oxygens (including phenoxy) is 1. The molecule has 0 saturated carbocycles. The summed E-state index contributed by atoms with van der Waals surface area (Å²) in [5, 5.41) is 3.15. The Morgan fingerprint density at radius 1 is 1.12 bits per heavy atom. The number of nitrogens with zero attached hydrogens (tertiary/aromatic N) is 1. The fourth-order valence-electron chi connectivity index (χ4n) is 2.88. The highest BCUT2D eigenvalue weighted by molar-refractivity contribution is 8.00. The number of morpholine rings is 1. The van der Waals surface area contributed by atoms with Crippen LogP contribution in [0.4, 0.5) is 4.39 Å². The van der Waals surface area contributed by atoms with Crippen LogP contribution in [0, 0.1) is 5.82 Å². The minimum Gasteiger partial charge on any atom is -0.379 e. The van der Waals surface area contributed by atoms with Crippen molar-refractivity contribution in [2.75, 3.05) is 38.6 Å². The topological polar surface area (TPSA) is 41.6 Å². The lowest BCUT2D eigenvalue weighted by atomic mass is 10.1. The fourth-order valence-corrected chi connectivity index (χ4v) is 3.59. The summed E-state index contributed by atoms with van der Waals surface area (Å²) in [6, 6.07) is 16.2. The molecule has 4 nitrogen and oxygen atoms in total. The SMILES string of the molecule is O=C(CSc1ccc(F)cc1)N[C@H](CN1CCOCC1)c1ccccc1. The lowest BCUT2D eigenvalue weighted by molar-refractivity contribution is -0.119.